The minimum Gasteiger partial charge on any atom is -0.368 e. The summed E-state index contributed by atoms with van der Waals surface area (Å²) < 4.78 is 13.1. The van der Waals surface area contributed by atoms with E-state index in [0.29, 0.717) is 31.9 Å². The van der Waals surface area contributed by atoms with E-state index in [1.54, 1.807) is 29.0 Å². The molecule has 3 aromatic carbocycles. The van der Waals surface area contributed by atoms with Crippen LogP contribution < -0.4 is 15.1 Å². The zero-order valence-corrected chi connectivity index (χ0v) is 18.6. The molecule has 0 saturated carbocycles. The third kappa shape index (κ3) is 5.68. The van der Waals surface area contributed by atoms with Crippen LogP contribution in [0.1, 0.15) is 5.56 Å². The number of nitrogens with zero attached hydrogens (tertiary/aromatic N) is 3. The summed E-state index contributed by atoms with van der Waals surface area (Å²) >= 11 is 0. The Bertz CT molecular complexity index is 1080. The molecule has 0 unspecified atom stereocenters. The Balaban J connectivity index is 1.27. The van der Waals surface area contributed by atoms with E-state index in [4.69, 9.17) is 0 Å². The van der Waals surface area contributed by atoms with E-state index in [-0.39, 0.29) is 24.2 Å². The summed E-state index contributed by atoms with van der Waals surface area (Å²) in [5, 5.41) is 2.93. The third-order valence-electron chi connectivity index (χ3n) is 5.84. The van der Waals surface area contributed by atoms with Crippen molar-refractivity contribution in [3.8, 4) is 0 Å². The van der Waals surface area contributed by atoms with Crippen LogP contribution in [0, 0.1) is 5.82 Å². The maximum Gasteiger partial charge on any atom is 0.321 e. The fourth-order valence-corrected chi connectivity index (χ4v) is 3.82. The lowest BCUT2D eigenvalue weighted by atomic mass is 10.1. The van der Waals surface area contributed by atoms with E-state index in [1.807, 2.05) is 54.6 Å². The first-order valence-corrected chi connectivity index (χ1v) is 11.0. The Morgan fingerprint density at radius 2 is 1.52 bits per heavy atom. The number of carbonyl (C=O) groups is 2. The average molecular weight is 447 g/mol. The van der Waals surface area contributed by atoms with Gasteiger partial charge < -0.3 is 20.0 Å². The van der Waals surface area contributed by atoms with Crippen molar-refractivity contribution in [2.75, 3.05) is 48.3 Å². The molecule has 4 rings (SSSR count). The highest BCUT2D eigenvalue weighted by Crippen LogP contribution is 2.18. The maximum absolute atomic E-state index is 13.1. The maximum atomic E-state index is 13.1. The third-order valence-corrected chi connectivity index (χ3v) is 5.84. The Hall–Kier alpha value is -3.87. The second-order valence-corrected chi connectivity index (χ2v) is 8.04. The minimum absolute atomic E-state index is 0.00277. The summed E-state index contributed by atoms with van der Waals surface area (Å²) in [5.74, 6) is -0.257. The Morgan fingerprint density at radius 1 is 0.879 bits per heavy atom. The molecule has 1 aliphatic rings. The van der Waals surface area contributed by atoms with Crippen LogP contribution in [0.25, 0.3) is 0 Å². The number of carbonyl (C=O) groups excluding carboxylic acids is 2. The molecule has 1 aliphatic heterocycles. The molecule has 0 aliphatic carbocycles. The first-order valence-electron chi connectivity index (χ1n) is 11.0. The number of amides is 3. The monoisotopic (exact) mass is 446 g/mol. The molecule has 1 fully saturated rings. The van der Waals surface area contributed by atoms with Gasteiger partial charge in [-0.15, -0.1) is 0 Å². The zero-order valence-electron chi connectivity index (χ0n) is 18.6. The number of urea groups is 1. The first-order chi connectivity index (χ1) is 16.0. The van der Waals surface area contributed by atoms with Crippen molar-refractivity contribution in [2.45, 2.75) is 6.42 Å². The van der Waals surface area contributed by atoms with Crippen molar-refractivity contribution in [3.05, 3.63) is 90.2 Å². The topological polar surface area (TPSA) is 55.9 Å². The molecule has 1 heterocycles. The van der Waals surface area contributed by atoms with E-state index in [1.165, 1.54) is 12.1 Å². The molecule has 6 nitrogen and oxygen atoms in total. The van der Waals surface area contributed by atoms with Gasteiger partial charge in [-0.3, -0.25) is 4.79 Å². The van der Waals surface area contributed by atoms with Gasteiger partial charge in [0.25, 0.3) is 0 Å². The lowest BCUT2D eigenvalue weighted by Gasteiger charge is -2.36. The lowest BCUT2D eigenvalue weighted by Crippen LogP contribution is -2.50. The number of halogens is 1. The Kier molecular flexibility index (Phi) is 6.88. The van der Waals surface area contributed by atoms with Gasteiger partial charge in [-0.05, 0) is 54.1 Å². The second kappa shape index (κ2) is 10.2. The fourth-order valence-electron chi connectivity index (χ4n) is 3.82. The number of piperazine rings is 1. The number of likely N-dealkylation sites (N-methyl/N-ethyl adjacent to an activating group) is 1. The van der Waals surface area contributed by atoms with E-state index < -0.39 is 0 Å². The number of hydrogen-bond acceptors (Lipinski definition) is 3. The van der Waals surface area contributed by atoms with Crippen molar-refractivity contribution in [1.29, 1.82) is 0 Å². The molecule has 0 atom stereocenters. The van der Waals surface area contributed by atoms with Gasteiger partial charge >= 0.3 is 6.03 Å². The number of nitrogens with one attached hydrogen (secondary N) is 1. The molecule has 3 aromatic rings. The highest BCUT2D eigenvalue weighted by Gasteiger charge is 2.21. The van der Waals surface area contributed by atoms with E-state index in [2.05, 4.69) is 10.2 Å². The lowest BCUT2D eigenvalue weighted by molar-refractivity contribution is -0.117. The largest absolute Gasteiger partial charge is 0.368 e. The summed E-state index contributed by atoms with van der Waals surface area (Å²) in [5.41, 5.74) is 3.38. The number of hydrogen-bond donors (Lipinski definition) is 1. The smallest absolute Gasteiger partial charge is 0.321 e. The van der Waals surface area contributed by atoms with Crippen LogP contribution in [0.15, 0.2) is 78.9 Å². The van der Waals surface area contributed by atoms with Gasteiger partial charge in [-0.2, -0.15) is 0 Å². The minimum atomic E-state index is -0.254. The average Bonchev–Trinajstić information content (AvgIpc) is 2.86. The van der Waals surface area contributed by atoms with E-state index in [0.717, 1.165) is 16.9 Å². The molecule has 1 N–H and O–H groups in total. The summed E-state index contributed by atoms with van der Waals surface area (Å²) in [6, 6.07) is 23.1. The van der Waals surface area contributed by atoms with Gasteiger partial charge in [0.05, 0.1) is 6.42 Å². The van der Waals surface area contributed by atoms with Crippen LogP contribution >= 0.6 is 0 Å². The van der Waals surface area contributed by atoms with Gasteiger partial charge in [0.15, 0.2) is 0 Å². The van der Waals surface area contributed by atoms with Crippen LogP contribution in [-0.4, -0.2) is 50.1 Å². The van der Waals surface area contributed by atoms with Crippen molar-refractivity contribution >= 4 is 29.0 Å². The van der Waals surface area contributed by atoms with Crippen LogP contribution in [-0.2, 0) is 11.2 Å². The molecule has 7 heteroatoms. The first kappa shape index (κ1) is 22.3. The van der Waals surface area contributed by atoms with Crippen molar-refractivity contribution in [2.24, 2.45) is 0 Å². The molecule has 33 heavy (non-hydrogen) atoms. The molecule has 0 aromatic heterocycles. The summed E-state index contributed by atoms with van der Waals surface area (Å²) in [7, 11) is 1.77. The highest BCUT2D eigenvalue weighted by molar-refractivity contribution is 5.94. The van der Waals surface area contributed by atoms with Crippen molar-refractivity contribution in [1.82, 2.24) is 4.90 Å². The zero-order chi connectivity index (χ0) is 23.2. The fraction of sp³-hybridized carbons (Fsp3) is 0.231. The van der Waals surface area contributed by atoms with E-state index >= 15 is 0 Å². The van der Waals surface area contributed by atoms with Crippen LogP contribution in [0.4, 0.5) is 26.2 Å². The molecular weight excluding hydrogens is 419 g/mol. The van der Waals surface area contributed by atoms with Gasteiger partial charge in [0.2, 0.25) is 5.91 Å². The molecule has 1 saturated heterocycles. The van der Waals surface area contributed by atoms with Crippen molar-refractivity contribution in [3.63, 3.8) is 0 Å². The van der Waals surface area contributed by atoms with Gasteiger partial charge in [-0.1, -0.05) is 30.3 Å². The highest BCUT2D eigenvalue weighted by atomic mass is 19.1. The van der Waals surface area contributed by atoms with Crippen LogP contribution in [0.5, 0.6) is 0 Å². The summed E-state index contributed by atoms with van der Waals surface area (Å²) in [4.78, 5) is 30.8. The predicted molar refractivity (Wildman–Crippen MR) is 129 cm³/mol. The van der Waals surface area contributed by atoms with E-state index in [9.17, 15) is 14.0 Å². The standard InChI is InChI=1S/C26H27FN4O2/c1-29(23-5-3-2-4-6-23)25(32)19-20-7-11-22(12-8-20)28-26(33)31-17-15-30(16-18-31)24-13-9-21(27)10-14-24/h2-14H,15-19H2,1H3,(H,28,33). The number of benzene rings is 3. The molecule has 0 spiro atoms. The normalized spacial score (nSPS) is 13.5. The van der Waals surface area contributed by atoms with Gasteiger partial charge in [0, 0.05) is 50.3 Å². The predicted octanol–water partition coefficient (Wildman–Crippen LogP) is 4.39. The molecule has 3 amide bonds. The quantitative estimate of drug-likeness (QED) is 0.633. The Labute approximate surface area is 193 Å². The summed E-state index contributed by atoms with van der Waals surface area (Å²) in [6.45, 7) is 2.55. The van der Waals surface area contributed by atoms with Gasteiger partial charge in [0.1, 0.15) is 5.82 Å². The van der Waals surface area contributed by atoms with Crippen LogP contribution in [0.3, 0.4) is 0 Å². The molecular formula is C26H27FN4O2. The number of para-hydroxylation sites is 1. The number of rotatable bonds is 5. The molecule has 0 bridgehead atoms. The SMILES string of the molecule is CN(C(=O)Cc1ccc(NC(=O)N2CCN(c3ccc(F)cc3)CC2)cc1)c1ccccc1. The molecule has 0 radical (unpaired) electrons. The van der Waals surface area contributed by atoms with Crippen molar-refractivity contribution < 1.29 is 14.0 Å². The Morgan fingerprint density at radius 3 is 2.15 bits per heavy atom. The summed E-state index contributed by atoms with van der Waals surface area (Å²) in [6.07, 6.45) is 0.283. The second-order valence-electron chi connectivity index (χ2n) is 8.04. The molecule has 170 valence electrons. The van der Waals surface area contributed by atoms with Gasteiger partial charge in [-0.25, -0.2) is 9.18 Å². The number of anilines is 3. The van der Waals surface area contributed by atoms with Crippen LogP contribution in [0.2, 0.25) is 0 Å².